The number of methoxy groups -OCH3 is 1. The molecule has 2 heterocycles. The molecule has 0 amide bonds. The second-order valence-electron chi connectivity index (χ2n) is 9.12. The van der Waals surface area contributed by atoms with Crippen LogP contribution >= 0.6 is 0 Å². The summed E-state index contributed by atoms with van der Waals surface area (Å²) in [5.41, 5.74) is 0.221. The molecule has 30 heavy (non-hydrogen) atoms. The zero-order chi connectivity index (χ0) is 22.6. The van der Waals surface area contributed by atoms with E-state index in [1.54, 1.807) is 24.5 Å². The van der Waals surface area contributed by atoms with Crippen molar-refractivity contribution in [1.82, 2.24) is 4.98 Å². The van der Waals surface area contributed by atoms with Gasteiger partial charge >= 0.3 is 0 Å². The molecule has 5 nitrogen and oxygen atoms in total. The summed E-state index contributed by atoms with van der Waals surface area (Å²) < 4.78 is 33.4. The lowest BCUT2D eigenvalue weighted by Crippen LogP contribution is -2.49. The maximum Gasteiger partial charge on any atom is 0.226 e. The van der Waals surface area contributed by atoms with Crippen LogP contribution in [0.15, 0.2) is 47.5 Å². The molecule has 1 atom stereocenters. The SMILES string of the molecule is C=C(CO[Si](C)(C)C(C)(C)C)C1(OC)CC(F)=C(c2cccnc2)N=C1OCCC. The second-order valence-corrected chi connectivity index (χ2v) is 13.9. The Balaban J connectivity index is 2.38. The van der Waals surface area contributed by atoms with Crippen LogP contribution in [0.3, 0.4) is 0 Å². The Labute approximate surface area is 181 Å². The summed E-state index contributed by atoms with van der Waals surface area (Å²) in [5.74, 6) is -0.0712. The fourth-order valence-corrected chi connectivity index (χ4v) is 3.85. The van der Waals surface area contributed by atoms with Crippen LogP contribution in [0.4, 0.5) is 4.39 Å². The number of hydrogen-bond donors (Lipinski definition) is 0. The summed E-state index contributed by atoms with van der Waals surface area (Å²) in [6.45, 7) is 17.8. The van der Waals surface area contributed by atoms with Gasteiger partial charge in [0.2, 0.25) is 5.90 Å². The predicted molar refractivity (Wildman–Crippen MR) is 123 cm³/mol. The number of nitrogens with zero attached hydrogens (tertiary/aromatic N) is 2. The summed E-state index contributed by atoms with van der Waals surface area (Å²) >= 11 is 0. The van der Waals surface area contributed by atoms with E-state index < -0.39 is 13.9 Å². The molecule has 0 radical (unpaired) electrons. The summed E-state index contributed by atoms with van der Waals surface area (Å²) in [6.07, 6.45) is 3.98. The molecule has 1 aromatic heterocycles. The molecule has 7 heteroatoms. The summed E-state index contributed by atoms with van der Waals surface area (Å²) in [6, 6.07) is 3.53. The fraction of sp³-hybridized carbons (Fsp3) is 0.565. The smallest absolute Gasteiger partial charge is 0.226 e. The van der Waals surface area contributed by atoms with Crippen molar-refractivity contribution >= 4 is 19.9 Å². The zero-order valence-electron chi connectivity index (χ0n) is 19.3. The molecule has 2 rings (SSSR count). The molecule has 1 unspecified atom stereocenters. The monoisotopic (exact) mass is 434 g/mol. The Morgan fingerprint density at radius 2 is 2.03 bits per heavy atom. The van der Waals surface area contributed by atoms with Crippen LogP contribution in [-0.2, 0) is 13.9 Å². The summed E-state index contributed by atoms with van der Waals surface area (Å²) in [7, 11) is -0.486. The molecule has 0 spiro atoms. The van der Waals surface area contributed by atoms with E-state index in [0.29, 0.717) is 23.6 Å². The van der Waals surface area contributed by atoms with Gasteiger partial charge in [0.15, 0.2) is 13.9 Å². The molecule has 0 aromatic carbocycles. The van der Waals surface area contributed by atoms with Gasteiger partial charge in [-0.05, 0) is 42.3 Å². The van der Waals surface area contributed by atoms with Crippen LogP contribution in [0.5, 0.6) is 0 Å². The van der Waals surface area contributed by atoms with Crippen molar-refractivity contribution in [3.05, 3.63) is 48.1 Å². The van der Waals surface area contributed by atoms with Gasteiger partial charge in [-0.3, -0.25) is 4.98 Å². The standard InChI is InChI=1S/C23H35FN2O3Si/c1-9-13-28-21-23(27-6,17(2)16-29-30(7,8)22(3,4)5)14-19(24)20(26-21)18-11-10-12-25-15-18/h10-12,15H,2,9,13-14,16H2,1,3-8H3. The minimum Gasteiger partial charge on any atom is -0.478 e. The molecule has 0 saturated heterocycles. The highest BCUT2D eigenvalue weighted by Crippen LogP contribution is 2.41. The highest BCUT2D eigenvalue weighted by Gasteiger charge is 2.47. The van der Waals surface area contributed by atoms with Crippen molar-refractivity contribution in [2.45, 2.75) is 64.3 Å². The van der Waals surface area contributed by atoms with Gasteiger partial charge in [-0.25, -0.2) is 9.38 Å². The van der Waals surface area contributed by atoms with Crippen molar-refractivity contribution in [2.24, 2.45) is 4.99 Å². The largest absolute Gasteiger partial charge is 0.478 e. The van der Waals surface area contributed by atoms with Gasteiger partial charge in [-0.15, -0.1) is 0 Å². The van der Waals surface area contributed by atoms with E-state index in [0.717, 1.165) is 6.42 Å². The Kier molecular flexibility index (Phi) is 7.77. The van der Waals surface area contributed by atoms with Crippen molar-refractivity contribution in [3.8, 4) is 0 Å². The minimum atomic E-state index is -2.02. The number of halogens is 1. The number of aromatic nitrogens is 1. The van der Waals surface area contributed by atoms with Crippen LogP contribution in [0.25, 0.3) is 5.70 Å². The van der Waals surface area contributed by atoms with E-state index in [9.17, 15) is 0 Å². The quantitative estimate of drug-likeness (QED) is 0.377. The Hall–Kier alpha value is -1.83. The first-order chi connectivity index (χ1) is 14.0. The summed E-state index contributed by atoms with van der Waals surface area (Å²) in [5, 5.41) is 0.0499. The van der Waals surface area contributed by atoms with Crippen LogP contribution in [0.2, 0.25) is 18.1 Å². The lowest BCUT2D eigenvalue weighted by molar-refractivity contribution is 0.0433. The third-order valence-corrected chi connectivity index (χ3v) is 10.4. The first kappa shape index (κ1) is 24.4. The average molecular weight is 435 g/mol. The van der Waals surface area contributed by atoms with Crippen molar-refractivity contribution < 1.29 is 18.3 Å². The average Bonchev–Trinajstić information content (AvgIpc) is 2.70. The zero-order valence-corrected chi connectivity index (χ0v) is 20.3. The molecular formula is C23H35FN2O3Si. The number of hydrogen-bond acceptors (Lipinski definition) is 5. The van der Waals surface area contributed by atoms with E-state index in [2.05, 4.69) is 50.4 Å². The van der Waals surface area contributed by atoms with Crippen molar-refractivity contribution in [1.29, 1.82) is 0 Å². The number of pyridine rings is 1. The van der Waals surface area contributed by atoms with Gasteiger partial charge in [0.1, 0.15) is 11.5 Å². The first-order valence-corrected chi connectivity index (χ1v) is 13.3. The van der Waals surface area contributed by atoms with Gasteiger partial charge in [0.05, 0.1) is 13.2 Å². The topological polar surface area (TPSA) is 52.9 Å². The van der Waals surface area contributed by atoms with E-state index in [4.69, 9.17) is 13.9 Å². The Bertz CT molecular complexity index is 815. The van der Waals surface area contributed by atoms with E-state index in [1.807, 2.05) is 6.92 Å². The molecule has 0 bridgehead atoms. The lowest BCUT2D eigenvalue weighted by Gasteiger charge is -2.40. The third-order valence-electron chi connectivity index (χ3n) is 5.93. The predicted octanol–water partition coefficient (Wildman–Crippen LogP) is 5.91. The third kappa shape index (κ3) is 5.07. The van der Waals surface area contributed by atoms with E-state index in [1.165, 1.54) is 7.11 Å². The molecule has 1 aliphatic heterocycles. The van der Waals surface area contributed by atoms with Gasteiger partial charge in [0.25, 0.3) is 0 Å². The summed E-state index contributed by atoms with van der Waals surface area (Å²) in [4.78, 5) is 8.62. The fourth-order valence-electron chi connectivity index (χ4n) is 2.88. The Morgan fingerprint density at radius 1 is 1.33 bits per heavy atom. The maximum atomic E-state index is 15.3. The number of rotatable bonds is 8. The Morgan fingerprint density at radius 3 is 2.57 bits per heavy atom. The van der Waals surface area contributed by atoms with Gasteiger partial charge in [0, 0.05) is 31.5 Å². The second kappa shape index (κ2) is 9.54. The molecule has 166 valence electrons. The number of aliphatic imine (C=N–C) groups is 1. The highest BCUT2D eigenvalue weighted by molar-refractivity contribution is 6.74. The van der Waals surface area contributed by atoms with Gasteiger partial charge in [-0.2, -0.15) is 0 Å². The van der Waals surface area contributed by atoms with Crippen molar-refractivity contribution in [3.63, 3.8) is 0 Å². The molecule has 0 aliphatic carbocycles. The van der Waals surface area contributed by atoms with E-state index >= 15 is 4.39 Å². The van der Waals surface area contributed by atoms with Gasteiger partial charge in [-0.1, -0.05) is 34.3 Å². The molecule has 1 aliphatic rings. The van der Waals surface area contributed by atoms with Crippen LogP contribution in [0, 0.1) is 0 Å². The van der Waals surface area contributed by atoms with Crippen molar-refractivity contribution in [2.75, 3.05) is 20.3 Å². The molecule has 0 N–H and O–H groups in total. The van der Waals surface area contributed by atoms with Crippen LogP contribution in [0.1, 0.15) is 46.1 Å². The lowest BCUT2D eigenvalue weighted by atomic mass is 9.87. The molecule has 0 fully saturated rings. The van der Waals surface area contributed by atoms with Crippen LogP contribution in [-0.4, -0.2) is 45.1 Å². The van der Waals surface area contributed by atoms with Crippen LogP contribution < -0.4 is 0 Å². The van der Waals surface area contributed by atoms with E-state index in [-0.39, 0.29) is 29.6 Å². The normalized spacial score (nSPS) is 20.2. The molecule has 0 saturated carbocycles. The minimum absolute atomic E-state index is 0.0457. The molecular weight excluding hydrogens is 399 g/mol. The highest BCUT2D eigenvalue weighted by atomic mass is 28.4. The molecule has 1 aromatic rings. The van der Waals surface area contributed by atoms with Gasteiger partial charge < -0.3 is 13.9 Å². The maximum absolute atomic E-state index is 15.3. The first-order valence-electron chi connectivity index (χ1n) is 10.4. The number of ether oxygens (including phenoxy) is 2.